The standard InChI is InChI=1S/C16H21N3O3S/c1-4-7-12-15(23-19-18-12)16(20)17-10-14(22-3)11-8-5-6-9-13(11)21-2/h5-6,8-9,14H,4,7,10H2,1-3H3,(H,17,20)/t14-/m0/s1. The second-order valence-corrected chi connectivity index (χ2v) is 5.73. The number of carbonyl (C=O) groups is 1. The summed E-state index contributed by atoms with van der Waals surface area (Å²) in [6.07, 6.45) is 1.39. The Balaban J connectivity index is 2.05. The summed E-state index contributed by atoms with van der Waals surface area (Å²) in [6, 6.07) is 7.61. The molecule has 1 atom stereocenters. The second-order valence-electron chi connectivity index (χ2n) is 4.98. The third-order valence-electron chi connectivity index (χ3n) is 3.47. The summed E-state index contributed by atoms with van der Waals surface area (Å²) < 4.78 is 14.7. The maximum absolute atomic E-state index is 12.3. The summed E-state index contributed by atoms with van der Waals surface area (Å²) in [7, 11) is 3.23. The van der Waals surface area contributed by atoms with Crippen LogP contribution in [0.1, 0.15) is 40.4 Å². The molecule has 0 fully saturated rings. The number of nitrogens with one attached hydrogen (secondary N) is 1. The first-order valence-electron chi connectivity index (χ1n) is 7.46. The van der Waals surface area contributed by atoms with Gasteiger partial charge in [-0.05, 0) is 24.0 Å². The largest absolute Gasteiger partial charge is 0.496 e. The Labute approximate surface area is 140 Å². The van der Waals surface area contributed by atoms with Gasteiger partial charge in [-0.2, -0.15) is 0 Å². The van der Waals surface area contributed by atoms with Gasteiger partial charge >= 0.3 is 0 Å². The Bertz CT molecular complexity index is 645. The molecule has 2 aromatic rings. The molecule has 124 valence electrons. The van der Waals surface area contributed by atoms with E-state index in [4.69, 9.17) is 9.47 Å². The zero-order valence-corrected chi connectivity index (χ0v) is 14.4. The van der Waals surface area contributed by atoms with E-state index in [-0.39, 0.29) is 12.0 Å². The SMILES string of the molecule is CCCc1nnsc1C(=O)NC[C@H](OC)c1ccccc1OC. The van der Waals surface area contributed by atoms with Crippen molar-refractivity contribution in [3.8, 4) is 5.75 Å². The van der Waals surface area contributed by atoms with Crippen LogP contribution < -0.4 is 10.1 Å². The lowest BCUT2D eigenvalue weighted by Crippen LogP contribution is -2.29. The number of aryl methyl sites for hydroxylation is 1. The summed E-state index contributed by atoms with van der Waals surface area (Å²) in [5.74, 6) is 0.570. The number of carbonyl (C=O) groups excluding carboxylic acids is 1. The van der Waals surface area contributed by atoms with Crippen LogP contribution in [0.15, 0.2) is 24.3 Å². The third-order valence-corrected chi connectivity index (χ3v) is 4.23. The van der Waals surface area contributed by atoms with Gasteiger partial charge in [0.05, 0.1) is 12.8 Å². The van der Waals surface area contributed by atoms with E-state index in [1.807, 2.05) is 31.2 Å². The highest BCUT2D eigenvalue weighted by Gasteiger charge is 2.19. The molecule has 1 heterocycles. The van der Waals surface area contributed by atoms with E-state index >= 15 is 0 Å². The Morgan fingerprint density at radius 3 is 2.83 bits per heavy atom. The van der Waals surface area contributed by atoms with Crippen LogP contribution in [0.25, 0.3) is 0 Å². The van der Waals surface area contributed by atoms with Crippen molar-refractivity contribution in [1.29, 1.82) is 0 Å². The first-order chi connectivity index (χ1) is 11.2. The molecule has 0 radical (unpaired) electrons. The normalized spacial score (nSPS) is 12.0. The maximum Gasteiger partial charge on any atom is 0.265 e. The third kappa shape index (κ3) is 4.27. The Morgan fingerprint density at radius 2 is 2.13 bits per heavy atom. The topological polar surface area (TPSA) is 73.3 Å². The van der Waals surface area contributed by atoms with E-state index in [1.165, 1.54) is 0 Å². The van der Waals surface area contributed by atoms with Gasteiger partial charge in [-0.3, -0.25) is 4.79 Å². The lowest BCUT2D eigenvalue weighted by Gasteiger charge is -2.18. The molecule has 7 heteroatoms. The molecule has 1 aromatic heterocycles. The zero-order chi connectivity index (χ0) is 16.7. The molecule has 0 saturated carbocycles. The van der Waals surface area contributed by atoms with E-state index < -0.39 is 0 Å². The predicted octanol–water partition coefficient (Wildman–Crippen LogP) is 2.62. The number of aromatic nitrogens is 2. The lowest BCUT2D eigenvalue weighted by molar-refractivity contribution is 0.0821. The molecule has 6 nitrogen and oxygen atoms in total. The fourth-order valence-corrected chi connectivity index (χ4v) is 2.92. The summed E-state index contributed by atoms with van der Waals surface area (Å²) in [6.45, 7) is 2.39. The molecule has 0 aliphatic rings. The number of para-hydroxylation sites is 1. The first-order valence-corrected chi connectivity index (χ1v) is 8.23. The van der Waals surface area contributed by atoms with Gasteiger partial charge in [0.2, 0.25) is 0 Å². The minimum absolute atomic E-state index is 0.166. The minimum Gasteiger partial charge on any atom is -0.496 e. The van der Waals surface area contributed by atoms with Gasteiger partial charge in [-0.1, -0.05) is 36.0 Å². The number of methoxy groups -OCH3 is 2. The van der Waals surface area contributed by atoms with Gasteiger partial charge in [0.1, 0.15) is 16.7 Å². The van der Waals surface area contributed by atoms with Crippen LogP contribution >= 0.6 is 11.5 Å². The van der Waals surface area contributed by atoms with E-state index in [2.05, 4.69) is 14.9 Å². The molecule has 0 saturated heterocycles. The van der Waals surface area contributed by atoms with E-state index in [0.717, 1.165) is 41.4 Å². The molecule has 23 heavy (non-hydrogen) atoms. The van der Waals surface area contributed by atoms with Crippen molar-refractivity contribution in [1.82, 2.24) is 14.9 Å². The highest BCUT2D eigenvalue weighted by atomic mass is 32.1. The van der Waals surface area contributed by atoms with Gasteiger partial charge in [-0.25, -0.2) is 0 Å². The van der Waals surface area contributed by atoms with Crippen LogP contribution in [0.2, 0.25) is 0 Å². The molecule has 1 aromatic carbocycles. The molecule has 0 unspecified atom stereocenters. The van der Waals surface area contributed by atoms with Crippen molar-refractivity contribution in [2.75, 3.05) is 20.8 Å². The van der Waals surface area contributed by atoms with E-state index in [1.54, 1.807) is 14.2 Å². The Kier molecular flexibility index (Phi) is 6.49. The lowest BCUT2D eigenvalue weighted by atomic mass is 10.1. The molecule has 0 aliphatic carbocycles. The number of ether oxygens (including phenoxy) is 2. The van der Waals surface area contributed by atoms with Crippen molar-refractivity contribution in [2.45, 2.75) is 25.9 Å². The number of hydrogen-bond donors (Lipinski definition) is 1. The van der Waals surface area contributed by atoms with Gasteiger partial charge < -0.3 is 14.8 Å². The molecule has 0 aliphatic heterocycles. The van der Waals surface area contributed by atoms with Crippen LogP contribution in [-0.4, -0.2) is 36.3 Å². The molecule has 1 amide bonds. The van der Waals surface area contributed by atoms with Gasteiger partial charge in [-0.15, -0.1) is 5.10 Å². The molecule has 1 N–H and O–H groups in total. The van der Waals surface area contributed by atoms with Gasteiger partial charge in [0.15, 0.2) is 0 Å². The first kappa shape index (κ1) is 17.4. The molecule has 0 bridgehead atoms. The molecule has 0 spiro atoms. The van der Waals surface area contributed by atoms with Crippen LogP contribution in [0.3, 0.4) is 0 Å². The number of rotatable bonds is 8. The van der Waals surface area contributed by atoms with Gasteiger partial charge in [0.25, 0.3) is 5.91 Å². The monoisotopic (exact) mass is 335 g/mol. The number of hydrogen-bond acceptors (Lipinski definition) is 6. The van der Waals surface area contributed by atoms with Crippen LogP contribution in [0.5, 0.6) is 5.75 Å². The summed E-state index contributed by atoms with van der Waals surface area (Å²) in [5.41, 5.74) is 1.65. The summed E-state index contributed by atoms with van der Waals surface area (Å²) in [4.78, 5) is 12.9. The smallest absolute Gasteiger partial charge is 0.265 e. The summed E-state index contributed by atoms with van der Waals surface area (Å²) >= 11 is 1.12. The van der Waals surface area contributed by atoms with Gasteiger partial charge in [0, 0.05) is 19.2 Å². The van der Waals surface area contributed by atoms with Crippen molar-refractivity contribution >= 4 is 17.4 Å². The maximum atomic E-state index is 12.3. The van der Waals surface area contributed by atoms with Crippen molar-refractivity contribution in [2.24, 2.45) is 0 Å². The Hall–Kier alpha value is -1.99. The van der Waals surface area contributed by atoms with Crippen LogP contribution in [0, 0.1) is 0 Å². The minimum atomic E-state index is -0.286. The average Bonchev–Trinajstić information content (AvgIpc) is 3.04. The number of nitrogens with zero attached hydrogens (tertiary/aromatic N) is 2. The zero-order valence-electron chi connectivity index (χ0n) is 13.5. The Morgan fingerprint density at radius 1 is 1.35 bits per heavy atom. The molecular weight excluding hydrogens is 314 g/mol. The fraction of sp³-hybridized carbons (Fsp3) is 0.438. The second kappa shape index (κ2) is 8.59. The van der Waals surface area contributed by atoms with Crippen LogP contribution in [-0.2, 0) is 11.2 Å². The van der Waals surface area contributed by atoms with Crippen molar-refractivity contribution in [3.63, 3.8) is 0 Å². The highest BCUT2D eigenvalue weighted by molar-refractivity contribution is 7.08. The highest BCUT2D eigenvalue weighted by Crippen LogP contribution is 2.26. The number of benzene rings is 1. The van der Waals surface area contributed by atoms with Crippen molar-refractivity contribution in [3.05, 3.63) is 40.4 Å². The molecular formula is C16H21N3O3S. The predicted molar refractivity (Wildman–Crippen MR) is 89.0 cm³/mol. The van der Waals surface area contributed by atoms with E-state index in [0.29, 0.717) is 11.4 Å². The number of amides is 1. The molecule has 2 rings (SSSR count). The summed E-state index contributed by atoms with van der Waals surface area (Å²) in [5, 5.41) is 6.91. The fourth-order valence-electron chi connectivity index (χ4n) is 2.30. The van der Waals surface area contributed by atoms with E-state index in [9.17, 15) is 4.79 Å². The van der Waals surface area contributed by atoms with Crippen molar-refractivity contribution < 1.29 is 14.3 Å². The van der Waals surface area contributed by atoms with Crippen LogP contribution in [0.4, 0.5) is 0 Å². The average molecular weight is 335 g/mol. The quantitative estimate of drug-likeness (QED) is 0.803.